The number of thiophene rings is 1. The van der Waals surface area contributed by atoms with Gasteiger partial charge in [0.05, 0.1) is 18.2 Å². The second-order valence-electron chi connectivity index (χ2n) is 6.51. The molecule has 0 bridgehead atoms. The highest BCUT2D eigenvalue weighted by Gasteiger charge is 2.22. The molecule has 162 valence electrons. The number of benzene rings is 2. The standard InChI is InChI=1S/C23H21Cl2NO4S/c1-2-29-23(28)21-17(15-7-4-3-5-8-15)14-31-22(21)26-20(27)9-6-12-30-19-11-10-16(24)13-18(19)25/h3-5,7-8,10-11,13-14H,2,6,9,12H2,1H3,(H,26,27). The molecule has 5 nitrogen and oxygen atoms in total. The average molecular weight is 478 g/mol. The molecule has 1 N–H and O–H groups in total. The second-order valence-corrected chi connectivity index (χ2v) is 8.24. The minimum absolute atomic E-state index is 0.210. The fourth-order valence-electron chi connectivity index (χ4n) is 2.88. The zero-order valence-electron chi connectivity index (χ0n) is 16.8. The first-order valence-electron chi connectivity index (χ1n) is 9.71. The lowest BCUT2D eigenvalue weighted by Gasteiger charge is -2.10. The summed E-state index contributed by atoms with van der Waals surface area (Å²) >= 11 is 13.2. The van der Waals surface area contributed by atoms with E-state index >= 15 is 0 Å². The van der Waals surface area contributed by atoms with Crippen molar-refractivity contribution >= 4 is 51.4 Å². The summed E-state index contributed by atoms with van der Waals surface area (Å²) in [5.41, 5.74) is 1.99. The highest BCUT2D eigenvalue weighted by atomic mass is 35.5. The number of hydrogen-bond acceptors (Lipinski definition) is 5. The van der Waals surface area contributed by atoms with Gasteiger partial charge < -0.3 is 14.8 Å². The molecule has 0 atom stereocenters. The van der Waals surface area contributed by atoms with Crippen molar-refractivity contribution in [1.29, 1.82) is 0 Å². The van der Waals surface area contributed by atoms with Gasteiger partial charge in [-0.1, -0.05) is 53.5 Å². The molecule has 0 unspecified atom stereocenters. The third-order valence-electron chi connectivity index (χ3n) is 4.31. The van der Waals surface area contributed by atoms with Gasteiger partial charge in [0.1, 0.15) is 16.3 Å². The Labute approximate surface area is 194 Å². The second kappa shape index (κ2) is 11.2. The van der Waals surface area contributed by atoms with Gasteiger partial charge in [-0.05, 0) is 37.1 Å². The predicted octanol–water partition coefficient (Wildman–Crippen LogP) is 6.70. The first-order valence-corrected chi connectivity index (χ1v) is 11.3. The van der Waals surface area contributed by atoms with Crippen molar-refractivity contribution in [3.05, 3.63) is 69.5 Å². The third-order valence-corrected chi connectivity index (χ3v) is 5.73. The van der Waals surface area contributed by atoms with E-state index in [1.165, 1.54) is 11.3 Å². The minimum Gasteiger partial charge on any atom is -0.492 e. The minimum atomic E-state index is -0.460. The molecule has 1 amide bonds. The van der Waals surface area contributed by atoms with E-state index in [9.17, 15) is 9.59 Å². The monoisotopic (exact) mass is 477 g/mol. The van der Waals surface area contributed by atoms with Crippen LogP contribution in [0.5, 0.6) is 5.75 Å². The summed E-state index contributed by atoms with van der Waals surface area (Å²) < 4.78 is 10.8. The van der Waals surface area contributed by atoms with Gasteiger partial charge in [-0.3, -0.25) is 4.79 Å². The molecular formula is C23H21Cl2NO4S. The summed E-state index contributed by atoms with van der Waals surface area (Å²) in [7, 11) is 0. The maximum absolute atomic E-state index is 12.6. The van der Waals surface area contributed by atoms with E-state index in [1.807, 2.05) is 35.7 Å². The number of carbonyl (C=O) groups excluding carboxylic acids is 2. The van der Waals surface area contributed by atoms with Gasteiger partial charge in [0.25, 0.3) is 0 Å². The number of halogens is 2. The molecule has 0 radical (unpaired) electrons. The fraction of sp³-hybridized carbons (Fsp3) is 0.217. The highest BCUT2D eigenvalue weighted by Crippen LogP contribution is 2.36. The first kappa shape index (κ1) is 23.1. The molecule has 1 aromatic heterocycles. The smallest absolute Gasteiger partial charge is 0.341 e. The summed E-state index contributed by atoms with van der Waals surface area (Å²) in [6.45, 7) is 2.32. The predicted molar refractivity (Wildman–Crippen MR) is 126 cm³/mol. The number of amides is 1. The molecule has 31 heavy (non-hydrogen) atoms. The van der Waals surface area contributed by atoms with Gasteiger partial charge in [0.2, 0.25) is 5.91 Å². The molecule has 0 aliphatic rings. The zero-order valence-corrected chi connectivity index (χ0v) is 19.2. The van der Waals surface area contributed by atoms with Crippen LogP contribution in [0.2, 0.25) is 10.0 Å². The lowest BCUT2D eigenvalue weighted by Crippen LogP contribution is -2.15. The summed E-state index contributed by atoms with van der Waals surface area (Å²) in [5.74, 6) is -0.154. The number of ether oxygens (including phenoxy) is 2. The van der Waals surface area contributed by atoms with Crippen LogP contribution in [0.15, 0.2) is 53.9 Å². The van der Waals surface area contributed by atoms with Crippen molar-refractivity contribution < 1.29 is 19.1 Å². The molecule has 0 saturated heterocycles. The Hall–Kier alpha value is -2.54. The van der Waals surface area contributed by atoms with Crippen LogP contribution in [0.1, 0.15) is 30.1 Å². The van der Waals surface area contributed by atoms with Crippen LogP contribution in [0, 0.1) is 0 Å². The summed E-state index contributed by atoms with van der Waals surface area (Å²) in [4.78, 5) is 25.0. The van der Waals surface area contributed by atoms with E-state index < -0.39 is 5.97 Å². The van der Waals surface area contributed by atoms with Gasteiger partial charge in [0, 0.05) is 22.4 Å². The van der Waals surface area contributed by atoms with E-state index in [1.54, 1.807) is 25.1 Å². The van der Waals surface area contributed by atoms with Gasteiger partial charge in [-0.25, -0.2) is 4.79 Å². The molecule has 1 heterocycles. The molecule has 3 aromatic rings. The maximum atomic E-state index is 12.6. The molecule has 0 spiro atoms. The fourth-order valence-corrected chi connectivity index (χ4v) is 4.32. The zero-order chi connectivity index (χ0) is 22.2. The lowest BCUT2D eigenvalue weighted by molar-refractivity contribution is -0.116. The van der Waals surface area contributed by atoms with Crippen molar-refractivity contribution in [3.63, 3.8) is 0 Å². The number of rotatable bonds is 9. The van der Waals surface area contributed by atoms with Crippen LogP contribution < -0.4 is 10.1 Å². The molecule has 3 rings (SSSR count). The lowest BCUT2D eigenvalue weighted by atomic mass is 10.0. The van der Waals surface area contributed by atoms with Crippen molar-refractivity contribution in [1.82, 2.24) is 0 Å². The van der Waals surface area contributed by atoms with Crippen LogP contribution in [-0.2, 0) is 9.53 Å². The maximum Gasteiger partial charge on any atom is 0.341 e. The average Bonchev–Trinajstić information content (AvgIpc) is 3.17. The van der Waals surface area contributed by atoms with E-state index in [2.05, 4.69) is 5.32 Å². The van der Waals surface area contributed by atoms with Crippen LogP contribution >= 0.6 is 34.5 Å². The Balaban J connectivity index is 1.62. The molecule has 2 aromatic carbocycles. The SMILES string of the molecule is CCOC(=O)c1c(-c2ccccc2)csc1NC(=O)CCCOc1ccc(Cl)cc1Cl. The van der Waals surface area contributed by atoms with Crippen molar-refractivity contribution in [2.75, 3.05) is 18.5 Å². The van der Waals surface area contributed by atoms with Crippen molar-refractivity contribution in [3.8, 4) is 16.9 Å². The number of esters is 1. The number of hydrogen-bond donors (Lipinski definition) is 1. The van der Waals surface area contributed by atoms with Crippen molar-refractivity contribution in [2.45, 2.75) is 19.8 Å². The molecular weight excluding hydrogens is 457 g/mol. The summed E-state index contributed by atoms with van der Waals surface area (Å²) in [6.07, 6.45) is 0.711. The van der Waals surface area contributed by atoms with Crippen LogP contribution in [-0.4, -0.2) is 25.1 Å². The Morgan fingerprint density at radius 3 is 2.58 bits per heavy atom. The van der Waals surface area contributed by atoms with Crippen molar-refractivity contribution in [2.24, 2.45) is 0 Å². The number of carbonyl (C=O) groups is 2. The highest BCUT2D eigenvalue weighted by molar-refractivity contribution is 7.15. The molecule has 0 aliphatic heterocycles. The van der Waals surface area contributed by atoms with Gasteiger partial charge >= 0.3 is 5.97 Å². The van der Waals surface area contributed by atoms with E-state index in [0.717, 1.165) is 11.1 Å². The largest absolute Gasteiger partial charge is 0.492 e. The quantitative estimate of drug-likeness (QED) is 0.275. The van der Waals surface area contributed by atoms with E-state index in [-0.39, 0.29) is 18.9 Å². The Kier molecular flexibility index (Phi) is 8.35. The molecule has 0 aliphatic carbocycles. The van der Waals surface area contributed by atoms with Gasteiger partial charge in [-0.2, -0.15) is 0 Å². The van der Waals surface area contributed by atoms with Gasteiger partial charge in [-0.15, -0.1) is 11.3 Å². The van der Waals surface area contributed by atoms with E-state index in [0.29, 0.717) is 39.4 Å². The van der Waals surface area contributed by atoms with E-state index in [4.69, 9.17) is 32.7 Å². The Morgan fingerprint density at radius 2 is 1.87 bits per heavy atom. The third kappa shape index (κ3) is 6.23. The Bertz CT molecular complexity index is 1050. The summed E-state index contributed by atoms with van der Waals surface area (Å²) in [6, 6.07) is 14.5. The summed E-state index contributed by atoms with van der Waals surface area (Å²) in [5, 5.41) is 6.11. The first-order chi connectivity index (χ1) is 15.0. The van der Waals surface area contributed by atoms with Crippen LogP contribution in [0.3, 0.4) is 0 Å². The molecule has 0 saturated carbocycles. The van der Waals surface area contributed by atoms with Crippen LogP contribution in [0.25, 0.3) is 11.1 Å². The molecule has 0 fully saturated rings. The Morgan fingerprint density at radius 1 is 1.10 bits per heavy atom. The van der Waals surface area contributed by atoms with Crippen LogP contribution in [0.4, 0.5) is 5.00 Å². The topological polar surface area (TPSA) is 64.6 Å². The number of anilines is 1. The number of nitrogens with one attached hydrogen (secondary N) is 1. The normalized spacial score (nSPS) is 10.5. The van der Waals surface area contributed by atoms with Gasteiger partial charge in [0.15, 0.2) is 0 Å². The molecule has 8 heteroatoms.